The quantitative estimate of drug-likeness (QED) is 0.352. The molecule has 30 heavy (non-hydrogen) atoms. The van der Waals surface area contributed by atoms with Gasteiger partial charge in [0.2, 0.25) is 0 Å². The van der Waals surface area contributed by atoms with Gasteiger partial charge >= 0.3 is 11.9 Å². The summed E-state index contributed by atoms with van der Waals surface area (Å²) in [5.74, 6) is -0.331. The van der Waals surface area contributed by atoms with Crippen molar-refractivity contribution in [1.29, 1.82) is 0 Å². The zero-order valence-electron chi connectivity index (χ0n) is 17.6. The molecule has 0 amide bonds. The van der Waals surface area contributed by atoms with Crippen LogP contribution in [0.1, 0.15) is 62.5 Å². The van der Waals surface area contributed by atoms with Gasteiger partial charge in [-0.05, 0) is 36.8 Å². The van der Waals surface area contributed by atoms with Crippen LogP contribution in [0, 0.1) is 0 Å². The summed E-state index contributed by atoms with van der Waals surface area (Å²) in [5.41, 5.74) is 8.14. The maximum Gasteiger partial charge on any atom is 0.306 e. The van der Waals surface area contributed by atoms with Crippen LogP contribution >= 0.6 is 0 Å². The Bertz CT molecular complexity index is 670. The first kappa shape index (κ1) is 23.6. The highest BCUT2D eigenvalue weighted by atomic mass is 16.5. The van der Waals surface area contributed by atoms with E-state index in [1.54, 1.807) is 0 Å². The second-order valence-electron chi connectivity index (χ2n) is 7.54. The average Bonchev–Trinajstić information content (AvgIpc) is 2.78. The highest BCUT2D eigenvalue weighted by Gasteiger charge is 2.08. The van der Waals surface area contributed by atoms with Gasteiger partial charge in [0.1, 0.15) is 13.2 Å². The van der Waals surface area contributed by atoms with Crippen LogP contribution in [-0.2, 0) is 32.3 Å². The second kappa shape index (κ2) is 14.3. The first-order valence-electron chi connectivity index (χ1n) is 10.8. The number of hydrogen-bond donors (Lipinski definition) is 1. The molecule has 2 aromatic carbocycles. The van der Waals surface area contributed by atoms with Gasteiger partial charge in [-0.3, -0.25) is 9.59 Å². The molecular formula is C25H33NO4. The van der Waals surface area contributed by atoms with Crippen LogP contribution in [-0.4, -0.2) is 18.0 Å². The lowest BCUT2D eigenvalue weighted by atomic mass is 10.0. The van der Waals surface area contributed by atoms with Crippen LogP contribution in [0.3, 0.4) is 0 Å². The number of unbranched alkanes of at least 4 members (excludes halogenated alkanes) is 2. The third kappa shape index (κ3) is 10.8. The fraction of sp³-hybridized carbons (Fsp3) is 0.440. The van der Waals surface area contributed by atoms with Gasteiger partial charge in [-0.15, -0.1) is 0 Å². The van der Waals surface area contributed by atoms with Crippen molar-refractivity contribution in [1.82, 2.24) is 0 Å². The van der Waals surface area contributed by atoms with Crippen molar-refractivity contribution in [2.75, 3.05) is 0 Å². The number of carbonyl (C=O) groups excluding carboxylic acids is 2. The van der Waals surface area contributed by atoms with E-state index in [0.717, 1.165) is 49.7 Å². The third-order valence-electron chi connectivity index (χ3n) is 4.90. The van der Waals surface area contributed by atoms with Gasteiger partial charge in [0, 0.05) is 18.9 Å². The zero-order chi connectivity index (χ0) is 21.4. The number of hydrogen-bond acceptors (Lipinski definition) is 5. The van der Waals surface area contributed by atoms with Gasteiger partial charge in [-0.1, -0.05) is 73.5 Å². The monoisotopic (exact) mass is 411 g/mol. The molecule has 5 nitrogen and oxygen atoms in total. The largest absolute Gasteiger partial charge is 0.461 e. The first-order chi connectivity index (χ1) is 14.6. The summed E-state index contributed by atoms with van der Waals surface area (Å²) in [4.78, 5) is 23.6. The number of ether oxygens (including phenoxy) is 2. The van der Waals surface area contributed by atoms with Crippen molar-refractivity contribution in [3.63, 3.8) is 0 Å². The van der Waals surface area contributed by atoms with E-state index in [-0.39, 0.29) is 18.0 Å². The Balaban J connectivity index is 1.42. The van der Waals surface area contributed by atoms with Crippen LogP contribution in [0.15, 0.2) is 60.7 Å². The Morgan fingerprint density at radius 1 is 0.667 bits per heavy atom. The van der Waals surface area contributed by atoms with E-state index >= 15 is 0 Å². The molecule has 0 saturated heterocycles. The Morgan fingerprint density at radius 2 is 1.07 bits per heavy atom. The predicted octanol–water partition coefficient (Wildman–Crippen LogP) is 4.92. The molecule has 0 atom stereocenters. The summed E-state index contributed by atoms with van der Waals surface area (Å²) < 4.78 is 10.5. The minimum atomic E-state index is -0.165. The SMILES string of the molecule is NC(CCCCC(=O)OCc1ccccc1)CCCCC(=O)OCc1ccccc1. The topological polar surface area (TPSA) is 78.6 Å². The van der Waals surface area contributed by atoms with E-state index in [4.69, 9.17) is 15.2 Å². The number of carbonyl (C=O) groups is 2. The van der Waals surface area contributed by atoms with Crippen LogP contribution in [0.5, 0.6) is 0 Å². The highest BCUT2D eigenvalue weighted by Crippen LogP contribution is 2.11. The smallest absolute Gasteiger partial charge is 0.306 e. The molecule has 2 N–H and O–H groups in total. The summed E-state index contributed by atoms with van der Waals surface area (Å²) >= 11 is 0. The van der Waals surface area contributed by atoms with E-state index < -0.39 is 0 Å². The fourth-order valence-corrected chi connectivity index (χ4v) is 3.12. The van der Waals surface area contributed by atoms with Gasteiger partial charge in [0.15, 0.2) is 0 Å². The molecule has 0 unspecified atom stereocenters. The summed E-state index contributed by atoms with van der Waals surface area (Å²) in [6, 6.07) is 19.5. The van der Waals surface area contributed by atoms with E-state index in [1.807, 2.05) is 60.7 Å². The third-order valence-corrected chi connectivity index (χ3v) is 4.90. The van der Waals surface area contributed by atoms with Crippen molar-refractivity contribution in [3.05, 3.63) is 71.8 Å². The molecule has 0 radical (unpaired) electrons. The summed E-state index contributed by atoms with van der Waals surface area (Å²) in [5, 5.41) is 0. The molecular weight excluding hydrogens is 378 g/mol. The van der Waals surface area contributed by atoms with Crippen molar-refractivity contribution in [2.24, 2.45) is 5.73 Å². The Hall–Kier alpha value is -2.66. The average molecular weight is 412 g/mol. The zero-order valence-corrected chi connectivity index (χ0v) is 17.6. The molecule has 0 bridgehead atoms. The molecule has 5 heteroatoms. The lowest BCUT2D eigenvalue weighted by Gasteiger charge is -2.11. The van der Waals surface area contributed by atoms with Crippen molar-refractivity contribution < 1.29 is 19.1 Å². The van der Waals surface area contributed by atoms with Crippen LogP contribution in [0.2, 0.25) is 0 Å². The molecule has 0 saturated carbocycles. The molecule has 0 aromatic heterocycles. The van der Waals surface area contributed by atoms with Crippen LogP contribution in [0.25, 0.3) is 0 Å². The number of rotatable bonds is 14. The highest BCUT2D eigenvalue weighted by molar-refractivity contribution is 5.69. The number of nitrogens with two attached hydrogens (primary N) is 1. The molecule has 0 aliphatic heterocycles. The van der Waals surface area contributed by atoms with Gasteiger partial charge in [0.05, 0.1) is 0 Å². The Kier molecular flexibility index (Phi) is 11.3. The van der Waals surface area contributed by atoms with Gasteiger partial charge in [-0.25, -0.2) is 0 Å². The molecule has 0 fully saturated rings. The van der Waals surface area contributed by atoms with E-state index in [9.17, 15) is 9.59 Å². The Morgan fingerprint density at radius 3 is 1.47 bits per heavy atom. The van der Waals surface area contributed by atoms with Gasteiger partial charge in [-0.2, -0.15) is 0 Å². The van der Waals surface area contributed by atoms with Gasteiger partial charge in [0.25, 0.3) is 0 Å². The lowest BCUT2D eigenvalue weighted by Crippen LogP contribution is -2.19. The summed E-state index contributed by atoms with van der Waals surface area (Å²) in [6.45, 7) is 0.653. The molecule has 2 rings (SSSR count). The van der Waals surface area contributed by atoms with Crippen molar-refractivity contribution in [3.8, 4) is 0 Å². The fourth-order valence-electron chi connectivity index (χ4n) is 3.12. The normalized spacial score (nSPS) is 10.7. The maximum absolute atomic E-state index is 11.8. The standard InChI is InChI=1S/C25H33NO4/c26-23(15-7-9-17-24(27)29-19-21-11-3-1-4-12-21)16-8-10-18-25(28)30-20-22-13-5-2-6-14-22/h1-6,11-14,23H,7-10,15-20,26H2. The maximum atomic E-state index is 11.8. The minimum Gasteiger partial charge on any atom is -0.461 e. The minimum absolute atomic E-state index is 0.102. The summed E-state index contributed by atoms with van der Waals surface area (Å²) in [7, 11) is 0. The molecule has 0 spiro atoms. The van der Waals surface area contributed by atoms with E-state index in [1.165, 1.54) is 0 Å². The first-order valence-corrected chi connectivity index (χ1v) is 10.8. The lowest BCUT2D eigenvalue weighted by molar-refractivity contribution is -0.146. The second-order valence-corrected chi connectivity index (χ2v) is 7.54. The van der Waals surface area contributed by atoms with Crippen LogP contribution in [0.4, 0.5) is 0 Å². The number of benzene rings is 2. The molecule has 0 aliphatic rings. The van der Waals surface area contributed by atoms with E-state index in [0.29, 0.717) is 26.1 Å². The van der Waals surface area contributed by atoms with Crippen molar-refractivity contribution >= 4 is 11.9 Å². The van der Waals surface area contributed by atoms with E-state index in [2.05, 4.69) is 0 Å². The van der Waals surface area contributed by atoms with Crippen molar-refractivity contribution in [2.45, 2.75) is 70.6 Å². The predicted molar refractivity (Wildman–Crippen MR) is 117 cm³/mol. The molecule has 0 heterocycles. The molecule has 162 valence electrons. The molecule has 0 aliphatic carbocycles. The molecule has 2 aromatic rings. The number of esters is 2. The van der Waals surface area contributed by atoms with Gasteiger partial charge < -0.3 is 15.2 Å². The van der Waals surface area contributed by atoms with Crippen LogP contribution < -0.4 is 5.73 Å². The summed E-state index contributed by atoms with van der Waals surface area (Å²) in [6.07, 6.45) is 5.98. The Labute approximate surface area is 179 Å².